The first kappa shape index (κ1) is 13.8. The van der Waals surface area contributed by atoms with Crippen LogP contribution in [0, 0.1) is 0 Å². The summed E-state index contributed by atoms with van der Waals surface area (Å²) in [6, 6.07) is 9.06. The van der Waals surface area contributed by atoms with Crippen LogP contribution in [0.5, 0.6) is 11.6 Å². The minimum absolute atomic E-state index is 0.185. The van der Waals surface area contributed by atoms with Gasteiger partial charge >= 0.3 is 0 Å². The van der Waals surface area contributed by atoms with E-state index in [0.717, 1.165) is 5.69 Å². The van der Waals surface area contributed by atoms with Gasteiger partial charge in [0.15, 0.2) is 0 Å². The van der Waals surface area contributed by atoms with Crippen LogP contribution in [0.3, 0.4) is 0 Å². The molecule has 4 nitrogen and oxygen atoms in total. The van der Waals surface area contributed by atoms with Crippen LogP contribution in [-0.2, 0) is 0 Å². The largest absolute Gasteiger partial charge is 0.437 e. The zero-order valence-electron chi connectivity index (χ0n) is 10.5. The number of hydrogen-bond donors (Lipinski definition) is 1. The van der Waals surface area contributed by atoms with Gasteiger partial charge in [0.1, 0.15) is 16.6 Å². The minimum atomic E-state index is 0.185. The van der Waals surface area contributed by atoms with Gasteiger partial charge in [-0.1, -0.05) is 29.3 Å². The molecular formula is C13H13Cl2N3O. The first-order chi connectivity index (χ1) is 8.97. The Morgan fingerprint density at radius 3 is 2.58 bits per heavy atom. The fourth-order valence-corrected chi connectivity index (χ4v) is 1.87. The van der Waals surface area contributed by atoms with Crippen molar-refractivity contribution in [1.29, 1.82) is 0 Å². The summed E-state index contributed by atoms with van der Waals surface area (Å²) >= 11 is 11.8. The third-order valence-corrected chi connectivity index (χ3v) is 3.05. The number of nitrogens with two attached hydrogens (primary N) is 1. The van der Waals surface area contributed by atoms with E-state index in [-0.39, 0.29) is 11.7 Å². The minimum Gasteiger partial charge on any atom is -0.437 e. The Balaban J connectivity index is 2.31. The van der Waals surface area contributed by atoms with Crippen molar-refractivity contribution in [2.24, 2.45) is 0 Å². The number of ether oxygens (including phenoxy) is 1. The Morgan fingerprint density at radius 2 is 1.89 bits per heavy atom. The molecule has 100 valence electrons. The molecule has 0 bridgehead atoms. The van der Waals surface area contributed by atoms with E-state index in [1.165, 1.54) is 6.07 Å². The highest BCUT2D eigenvalue weighted by Gasteiger charge is 2.10. The number of pyridine rings is 1. The Kier molecular flexibility index (Phi) is 4.02. The second-order valence-corrected chi connectivity index (χ2v) is 4.95. The van der Waals surface area contributed by atoms with E-state index < -0.39 is 0 Å². The van der Waals surface area contributed by atoms with Gasteiger partial charge < -0.3 is 15.4 Å². The van der Waals surface area contributed by atoms with E-state index in [2.05, 4.69) is 4.98 Å². The molecule has 19 heavy (non-hydrogen) atoms. The molecule has 1 heterocycles. The Bertz CT molecular complexity index is 602. The Hall–Kier alpha value is -1.65. The highest BCUT2D eigenvalue weighted by Crippen LogP contribution is 2.33. The van der Waals surface area contributed by atoms with E-state index >= 15 is 0 Å². The molecule has 0 amide bonds. The summed E-state index contributed by atoms with van der Waals surface area (Å²) in [5, 5.41) is 0.619. The summed E-state index contributed by atoms with van der Waals surface area (Å²) in [6.07, 6.45) is 0. The third kappa shape index (κ3) is 3.22. The molecule has 1 aromatic heterocycles. The van der Waals surface area contributed by atoms with Crippen molar-refractivity contribution < 1.29 is 4.74 Å². The van der Waals surface area contributed by atoms with Crippen molar-refractivity contribution in [2.45, 2.75) is 0 Å². The molecule has 1 aromatic carbocycles. The van der Waals surface area contributed by atoms with Crippen molar-refractivity contribution in [3.8, 4) is 11.6 Å². The smallest absolute Gasteiger partial charge is 0.240 e. The van der Waals surface area contributed by atoms with Crippen LogP contribution in [0.25, 0.3) is 0 Å². The van der Waals surface area contributed by atoms with E-state index in [1.54, 1.807) is 0 Å². The van der Waals surface area contributed by atoms with Crippen LogP contribution in [0.2, 0.25) is 10.0 Å². The third-order valence-electron chi connectivity index (χ3n) is 2.47. The van der Waals surface area contributed by atoms with Crippen molar-refractivity contribution in [1.82, 2.24) is 4.98 Å². The average molecular weight is 298 g/mol. The number of nitrogen functional groups attached to an aromatic ring is 1. The van der Waals surface area contributed by atoms with Gasteiger partial charge in [0.05, 0.1) is 5.02 Å². The van der Waals surface area contributed by atoms with Crippen molar-refractivity contribution in [3.05, 3.63) is 40.4 Å². The van der Waals surface area contributed by atoms with E-state index in [1.807, 2.05) is 43.3 Å². The summed E-state index contributed by atoms with van der Waals surface area (Å²) in [5.74, 6) is 1.05. The Labute approximate surface area is 121 Å². The van der Waals surface area contributed by atoms with Crippen LogP contribution in [0.15, 0.2) is 30.3 Å². The zero-order valence-corrected chi connectivity index (χ0v) is 12.0. The lowest BCUT2D eigenvalue weighted by Gasteiger charge is -2.14. The molecule has 0 aliphatic rings. The first-order valence-corrected chi connectivity index (χ1v) is 6.29. The molecule has 6 heteroatoms. The fourth-order valence-electron chi connectivity index (χ4n) is 1.47. The van der Waals surface area contributed by atoms with Gasteiger partial charge in [-0.3, -0.25) is 0 Å². The van der Waals surface area contributed by atoms with Gasteiger partial charge in [0.25, 0.3) is 0 Å². The summed E-state index contributed by atoms with van der Waals surface area (Å²) in [7, 11) is 3.90. The number of anilines is 2. The van der Waals surface area contributed by atoms with E-state index in [4.69, 9.17) is 33.7 Å². The van der Waals surface area contributed by atoms with Gasteiger partial charge in [-0.2, -0.15) is 4.98 Å². The molecule has 0 aliphatic heterocycles. The second kappa shape index (κ2) is 5.55. The van der Waals surface area contributed by atoms with Crippen molar-refractivity contribution in [2.75, 3.05) is 24.7 Å². The molecule has 0 unspecified atom stereocenters. The number of hydrogen-bond acceptors (Lipinski definition) is 4. The zero-order chi connectivity index (χ0) is 14.0. The van der Waals surface area contributed by atoms with Gasteiger partial charge in [-0.05, 0) is 18.2 Å². The lowest BCUT2D eigenvalue weighted by atomic mass is 10.3. The number of halogens is 2. The van der Waals surface area contributed by atoms with Gasteiger partial charge in [-0.15, -0.1) is 0 Å². The standard InChI is InChI=1S/C13H13Cl2N3O/c1-18(2)8-4-3-5-9(6-8)19-13-11(15)7-10(14)12(16)17-13/h3-7H,1-2H3,(H2,16,17). The van der Waals surface area contributed by atoms with Gasteiger partial charge in [0, 0.05) is 25.8 Å². The van der Waals surface area contributed by atoms with Crippen LogP contribution >= 0.6 is 23.2 Å². The lowest BCUT2D eigenvalue weighted by Crippen LogP contribution is -2.08. The number of aromatic nitrogens is 1. The molecule has 0 saturated heterocycles. The van der Waals surface area contributed by atoms with Gasteiger partial charge in [-0.25, -0.2) is 0 Å². The second-order valence-electron chi connectivity index (χ2n) is 4.14. The summed E-state index contributed by atoms with van der Waals surface area (Å²) in [6.45, 7) is 0. The molecular weight excluding hydrogens is 285 g/mol. The van der Waals surface area contributed by atoms with E-state index in [0.29, 0.717) is 15.8 Å². The SMILES string of the molecule is CN(C)c1cccc(Oc2nc(N)c(Cl)cc2Cl)c1. The van der Waals surface area contributed by atoms with Crippen LogP contribution in [0.1, 0.15) is 0 Å². The van der Waals surface area contributed by atoms with Gasteiger partial charge in [0.2, 0.25) is 5.88 Å². The predicted octanol–water partition coefficient (Wildman–Crippen LogP) is 3.83. The molecule has 2 N–H and O–H groups in total. The highest BCUT2D eigenvalue weighted by atomic mass is 35.5. The molecule has 0 aliphatic carbocycles. The summed E-state index contributed by atoms with van der Waals surface area (Å²) in [4.78, 5) is 5.99. The predicted molar refractivity (Wildman–Crippen MR) is 79.5 cm³/mol. The summed E-state index contributed by atoms with van der Waals surface area (Å²) in [5.41, 5.74) is 6.64. The number of nitrogens with zero attached hydrogens (tertiary/aromatic N) is 2. The molecule has 2 rings (SSSR count). The maximum Gasteiger partial charge on any atom is 0.240 e. The maximum absolute atomic E-state index is 6.02. The first-order valence-electron chi connectivity index (χ1n) is 5.54. The Morgan fingerprint density at radius 1 is 1.16 bits per heavy atom. The molecule has 0 fully saturated rings. The van der Waals surface area contributed by atoms with Crippen molar-refractivity contribution >= 4 is 34.7 Å². The average Bonchev–Trinajstić information content (AvgIpc) is 2.36. The molecule has 0 saturated carbocycles. The quantitative estimate of drug-likeness (QED) is 0.935. The molecule has 0 atom stereocenters. The summed E-state index contributed by atoms with van der Waals surface area (Å²) < 4.78 is 5.63. The molecule has 2 aromatic rings. The van der Waals surface area contributed by atoms with Crippen molar-refractivity contribution in [3.63, 3.8) is 0 Å². The molecule has 0 spiro atoms. The number of benzene rings is 1. The van der Waals surface area contributed by atoms with Crippen LogP contribution in [0.4, 0.5) is 11.5 Å². The fraction of sp³-hybridized carbons (Fsp3) is 0.154. The maximum atomic E-state index is 6.02. The normalized spacial score (nSPS) is 10.3. The van der Waals surface area contributed by atoms with Crippen LogP contribution in [-0.4, -0.2) is 19.1 Å². The monoisotopic (exact) mass is 297 g/mol. The topological polar surface area (TPSA) is 51.4 Å². The molecule has 0 radical (unpaired) electrons. The van der Waals surface area contributed by atoms with Crippen LogP contribution < -0.4 is 15.4 Å². The highest BCUT2D eigenvalue weighted by molar-refractivity contribution is 6.36. The number of rotatable bonds is 3. The van der Waals surface area contributed by atoms with E-state index in [9.17, 15) is 0 Å². The lowest BCUT2D eigenvalue weighted by molar-refractivity contribution is 0.464.